The quantitative estimate of drug-likeness (QED) is 0.870. The van der Waals surface area contributed by atoms with Gasteiger partial charge in [-0.3, -0.25) is 0 Å². The summed E-state index contributed by atoms with van der Waals surface area (Å²) in [5.41, 5.74) is 1.11. The highest BCUT2D eigenvalue weighted by atomic mass is 19.1. The topological polar surface area (TPSA) is 83.4 Å². The molecule has 2 aliphatic rings. The van der Waals surface area contributed by atoms with Crippen LogP contribution < -0.4 is 20.7 Å². The smallest absolute Gasteiger partial charge is 0.434 e. The van der Waals surface area contributed by atoms with Crippen LogP contribution in [0.15, 0.2) is 21.3 Å². The summed E-state index contributed by atoms with van der Waals surface area (Å²) in [7, 11) is 0. The molecular formula is C18H23FN4O3. The second-order valence-corrected chi connectivity index (χ2v) is 7.13. The van der Waals surface area contributed by atoms with E-state index in [1.165, 1.54) is 6.07 Å². The standard InChI is InChI=1S/C18H23FN4O3/c1-10-9-23(11(2)12-3-5-20-6-4-12)15-8-13(7-14(19)16(15)25-10)17-21-22-18(24)26-17/h7-8,10-12,20H,3-6,9H2,1-2H3,(H,22,24)/t10-,11?/m1/s1. The van der Waals surface area contributed by atoms with Crippen molar-refractivity contribution in [3.05, 3.63) is 28.5 Å². The van der Waals surface area contributed by atoms with Crippen molar-refractivity contribution in [3.63, 3.8) is 0 Å². The van der Waals surface area contributed by atoms with Crippen molar-refractivity contribution in [2.24, 2.45) is 5.92 Å². The summed E-state index contributed by atoms with van der Waals surface area (Å²) in [6.45, 7) is 6.84. The fraction of sp³-hybridized carbons (Fsp3) is 0.556. The van der Waals surface area contributed by atoms with Gasteiger partial charge in [-0.2, -0.15) is 0 Å². The summed E-state index contributed by atoms with van der Waals surface area (Å²) in [5.74, 6) is -0.277. The molecule has 3 heterocycles. The van der Waals surface area contributed by atoms with Gasteiger partial charge < -0.3 is 19.4 Å². The second-order valence-electron chi connectivity index (χ2n) is 7.13. The van der Waals surface area contributed by atoms with Crippen LogP contribution in [0.5, 0.6) is 5.75 Å². The highest BCUT2D eigenvalue weighted by Gasteiger charge is 2.33. The molecule has 2 atom stereocenters. The van der Waals surface area contributed by atoms with Crippen molar-refractivity contribution in [2.75, 3.05) is 24.5 Å². The SMILES string of the molecule is CC(C1CCNCC1)N1C[C@@H](C)Oc2c(F)cc(-c3n[nH]c(=O)o3)cc21. The lowest BCUT2D eigenvalue weighted by Crippen LogP contribution is -2.48. The molecular weight excluding hydrogens is 339 g/mol. The molecule has 1 unspecified atom stereocenters. The fourth-order valence-electron chi connectivity index (χ4n) is 3.97. The Morgan fingerprint density at radius 1 is 1.35 bits per heavy atom. The van der Waals surface area contributed by atoms with Crippen molar-refractivity contribution in [2.45, 2.75) is 38.8 Å². The van der Waals surface area contributed by atoms with Gasteiger partial charge in [-0.05, 0) is 57.8 Å². The van der Waals surface area contributed by atoms with Crippen molar-refractivity contribution >= 4 is 5.69 Å². The van der Waals surface area contributed by atoms with E-state index in [-0.39, 0.29) is 23.8 Å². The number of nitrogens with zero attached hydrogens (tertiary/aromatic N) is 2. The Kier molecular flexibility index (Phi) is 4.44. The summed E-state index contributed by atoms with van der Waals surface area (Å²) in [6.07, 6.45) is 2.09. The van der Waals surface area contributed by atoms with Crippen LogP contribution in [0.3, 0.4) is 0 Å². The third-order valence-electron chi connectivity index (χ3n) is 5.35. The number of ether oxygens (including phenoxy) is 1. The van der Waals surface area contributed by atoms with E-state index in [2.05, 4.69) is 27.3 Å². The molecule has 26 heavy (non-hydrogen) atoms. The molecule has 2 aliphatic heterocycles. The maximum Gasteiger partial charge on any atom is 0.434 e. The van der Waals surface area contributed by atoms with Gasteiger partial charge in [0.15, 0.2) is 11.6 Å². The van der Waals surface area contributed by atoms with E-state index in [0.717, 1.165) is 25.9 Å². The van der Waals surface area contributed by atoms with Gasteiger partial charge in [-0.1, -0.05) is 0 Å². The van der Waals surface area contributed by atoms with Crippen LogP contribution in [0.1, 0.15) is 26.7 Å². The minimum atomic E-state index is -0.664. The lowest BCUT2D eigenvalue weighted by Gasteiger charge is -2.43. The van der Waals surface area contributed by atoms with E-state index >= 15 is 0 Å². The summed E-state index contributed by atoms with van der Waals surface area (Å²) in [4.78, 5) is 13.5. The highest BCUT2D eigenvalue weighted by molar-refractivity contribution is 5.70. The Morgan fingerprint density at radius 3 is 2.81 bits per heavy atom. The number of halogens is 1. The average molecular weight is 362 g/mol. The molecule has 8 heteroatoms. The number of anilines is 1. The molecule has 1 aromatic heterocycles. The number of benzene rings is 1. The number of H-pyrrole nitrogens is 1. The molecule has 0 radical (unpaired) electrons. The highest BCUT2D eigenvalue weighted by Crippen LogP contribution is 2.41. The van der Waals surface area contributed by atoms with Crippen LogP contribution in [-0.2, 0) is 0 Å². The zero-order valence-electron chi connectivity index (χ0n) is 14.9. The summed E-state index contributed by atoms with van der Waals surface area (Å²) in [5, 5.41) is 9.41. The van der Waals surface area contributed by atoms with Gasteiger partial charge >= 0.3 is 5.76 Å². The number of fused-ring (bicyclic) bond motifs is 1. The summed E-state index contributed by atoms with van der Waals surface area (Å²) < 4.78 is 25.5. The number of hydrogen-bond donors (Lipinski definition) is 2. The first kappa shape index (κ1) is 17.1. The molecule has 1 aromatic carbocycles. The molecule has 0 saturated carbocycles. The Hall–Kier alpha value is -2.35. The van der Waals surface area contributed by atoms with Crippen molar-refractivity contribution in [1.82, 2.24) is 15.5 Å². The van der Waals surface area contributed by atoms with Crippen LogP contribution in [0.2, 0.25) is 0 Å². The van der Waals surface area contributed by atoms with Crippen molar-refractivity contribution < 1.29 is 13.5 Å². The molecule has 0 bridgehead atoms. The first-order valence-electron chi connectivity index (χ1n) is 9.06. The van der Waals surface area contributed by atoms with Gasteiger partial charge in [-0.25, -0.2) is 14.3 Å². The van der Waals surface area contributed by atoms with Gasteiger partial charge in [0.05, 0.1) is 12.2 Å². The van der Waals surface area contributed by atoms with Crippen LogP contribution in [0, 0.1) is 11.7 Å². The van der Waals surface area contributed by atoms with E-state index in [1.54, 1.807) is 6.07 Å². The van der Waals surface area contributed by atoms with Crippen LogP contribution in [0.25, 0.3) is 11.5 Å². The predicted molar refractivity (Wildman–Crippen MR) is 95.0 cm³/mol. The Balaban J connectivity index is 1.74. The molecule has 1 saturated heterocycles. The molecule has 2 aromatic rings. The lowest BCUT2D eigenvalue weighted by atomic mass is 9.89. The van der Waals surface area contributed by atoms with Gasteiger partial charge in [0.1, 0.15) is 6.10 Å². The van der Waals surface area contributed by atoms with Crippen LogP contribution in [-0.4, -0.2) is 42.0 Å². The maximum absolute atomic E-state index is 14.8. The van der Waals surface area contributed by atoms with Crippen LogP contribution >= 0.6 is 0 Å². The first-order valence-corrected chi connectivity index (χ1v) is 9.06. The Morgan fingerprint density at radius 2 is 2.12 bits per heavy atom. The molecule has 140 valence electrons. The van der Waals surface area contributed by atoms with E-state index in [4.69, 9.17) is 9.15 Å². The Labute approximate surface area is 150 Å². The van der Waals surface area contributed by atoms with Gasteiger partial charge in [0, 0.05) is 11.6 Å². The number of aromatic nitrogens is 2. The monoisotopic (exact) mass is 362 g/mol. The fourth-order valence-corrected chi connectivity index (χ4v) is 3.97. The molecule has 0 spiro atoms. The van der Waals surface area contributed by atoms with Crippen LogP contribution in [0.4, 0.5) is 10.1 Å². The average Bonchev–Trinajstić information content (AvgIpc) is 3.08. The zero-order chi connectivity index (χ0) is 18.3. The molecule has 2 N–H and O–H groups in total. The second kappa shape index (κ2) is 6.75. The molecule has 0 amide bonds. The van der Waals surface area contributed by atoms with Gasteiger partial charge in [0.25, 0.3) is 0 Å². The largest absolute Gasteiger partial charge is 0.484 e. The number of piperidine rings is 1. The number of nitrogens with one attached hydrogen (secondary N) is 2. The van der Waals surface area contributed by atoms with Gasteiger partial charge in [0.2, 0.25) is 5.89 Å². The van der Waals surface area contributed by atoms with E-state index < -0.39 is 11.6 Å². The Bertz CT molecular complexity index is 843. The maximum atomic E-state index is 14.8. The normalized spacial score (nSPS) is 22.0. The van der Waals surface area contributed by atoms with E-state index in [0.29, 0.717) is 23.7 Å². The summed E-state index contributed by atoms with van der Waals surface area (Å²) >= 11 is 0. The number of rotatable bonds is 3. The minimum Gasteiger partial charge on any atom is -0.484 e. The summed E-state index contributed by atoms with van der Waals surface area (Å²) in [6, 6.07) is 3.34. The predicted octanol–water partition coefficient (Wildman–Crippen LogP) is 2.14. The van der Waals surface area contributed by atoms with E-state index in [1.807, 2.05) is 6.92 Å². The third kappa shape index (κ3) is 3.09. The molecule has 0 aliphatic carbocycles. The lowest BCUT2D eigenvalue weighted by molar-refractivity contribution is 0.189. The minimum absolute atomic E-state index is 0.0739. The zero-order valence-corrected chi connectivity index (χ0v) is 14.9. The molecule has 4 rings (SSSR count). The van der Waals surface area contributed by atoms with Gasteiger partial charge in [-0.15, -0.1) is 5.10 Å². The van der Waals surface area contributed by atoms with Crippen molar-refractivity contribution in [1.29, 1.82) is 0 Å². The third-order valence-corrected chi connectivity index (χ3v) is 5.35. The number of aromatic amines is 1. The van der Waals surface area contributed by atoms with Crippen molar-refractivity contribution in [3.8, 4) is 17.2 Å². The number of hydrogen-bond acceptors (Lipinski definition) is 6. The molecule has 1 fully saturated rings. The molecule has 7 nitrogen and oxygen atoms in total. The van der Waals surface area contributed by atoms with E-state index in [9.17, 15) is 9.18 Å². The first-order chi connectivity index (χ1) is 12.5.